The summed E-state index contributed by atoms with van der Waals surface area (Å²) in [5, 5.41) is 2.77. The highest BCUT2D eigenvalue weighted by molar-refractivity contribution is 6.05. The summed E-state index contributed by atoms with van der Waals surface area (Å²) < 4.78 is 13.4. The second kappa shape index (κ2) is 5.84. The van der Waals surface area contributed by atoms with Crippen LogP contribution in [0.15, 0.2) is 36.4 Å². The second-order valence-electron chi connectivity index (χ2n) is 4.71. The summed E-state index contributed by atoms with van der Waals surface area (Å²) in [5.74, 6) is -0.571. The van der Waals surface area contributed by atoms with Crippen molar-refractivity contribution in [1.82, 2.24) is 0 Å². The first kappa shape index (κ1) is 14.2. The number of carbonyl (C=O) groups excluding carboxylic acids is 1. The summed E-state index contributed by atoms with van der Waals surface area (Å²) in [4.78, 5) is 12.2. The summed E-state index contributed by atoms with van der Waals surface area (Å²) in [6, 6.07) is 9.95. The van der Waals surface area contributed by atoms with Gasteiger partial charge < -0.3 is 11.1 Å². The van der Waals surface area contributed by atoms with E-state index >= 15 is 0 Å². The first-order valence-electron chi connectivity index (χ1n) is 6.39. The molecule has 0 aliphatic rings. The van der Waals surface area contributed by atoms with Crippen LogP contribution in [0.2, 0.25) is 0 Å². The molecule has 0 aromatic heterocycles. The topological polar surface area (TPSA) is 55.1 Å². The molecular weight excluding hydrogens is 255 g/mol. The number of halogens is 1. The fourth-order valence-electron chi connectivity index (χ4n) is 2.00. The molecule has 0 saturated carbocycles. The van der Waals surface area contributed by atoms with Gasteiger partial charge in [-0.25, -0.2) is 4.39 Å². The summed E-state index contributed by atoms with van der Waals surface area (Å²) in [7, 11) is 0. The first-order valence-corrected chi connectivity index (χ1v) is 6.39. The van der Waals surface area contributed by atoms with Crippen molar-refractivity contribution < 1.29 is 9.18 Å². The van der Waals surface area contributed by atoms with E-state index in [2.05, 4.69) is 5.32 Å². The summed E-state index contributed by atoms with van der Waals surface area (Å²) >= 11 is 0. The highest BCUT2D eigenvalue weighted by Crippen LogP contribution is 2.18. The number of carbonyl (C=O) groups is 1. The van der Waals surface area contributed by atoms with E-state index in [0.29, 0.717) is 16.8 Å². The summed E-state index contributed by atoms with van der Waals surface area (Å²) in [6.45, 7) is 3.95. The molecule has 0 aliphatic carbocycles. The first-order chi connectivity index (χ1) is 9.52. The van der Waals surface area contributed by atoms with Crippen LogP contribution in [0.5, 0.6) is 0 Å². The number of anilines is 1. The Morgan fingerprint density at radius 2 is 2.00 bits per heavy atom. The lowest BCUT2D eigenvalue weighted by Gasteiger charge is -2.10. The van der Waals surface area contributed by atoms with Crippen molar-refractivity contribution in [2.45, 2.75) is 20.4 Å². The molecule has 3 N–H and O–H groups in total. The number of aryl methyl sites for hydroxylation is 1. The molecule has 2 aromatic rings. The molecule has 2 aromatic carbocycles. The zero-order valence-electron chi connectivity index (χ0n) is 11.5. The van der Waals surface area contributed by atoms with Gasteiger partial charge in [-0.2, -0.15) is 0 Å². The molecule has 0 aliphatic heterocycles. The van der Waals surface area contributed by atoms with Crippen LogP contribution >= 0.6 is 0 Å². The van der Waals surface area contributed by atoms with Crippen molar-refractivity contribution in [2.24, 2.45) is 5.73 Å². The molecule has 0 radical (unpaired) electrons. The SMILES string of the molecule is Cc1cccc(C(=O)Nc2ccc(F)c(CN)c2)c1C. The van der Waals surface area contributed by atoms with Gasteiger partial charge in [0, 0.05) is 23.4 Å². The minimum atomic E-state index is -0.364. The Kier molecular flexibility index (Phi) is 4.15. The Morgan fingerprint density at radius 1 is 1.25 bits per heavy atom. The molecule has 0 fully saturated rings. The van der Waals surface area contributed by atoms with Gasteiger partial charge in [-0.1, -0.05) is 12.1 Å². The molecule has 0 saturated heterocycles. The van der Waals surface area contributed by atoms with Gasteiger partial charge in [0.05, 0.1) is 0 Å². The van der Waals surface area contributed by atoms with Crippen molar-refractivity contribution in [3.05, 3.63) is 64.5 Å². The zero-order chi connectivity index (χ0) is 14.7. The van der Waals surface area contributed by atoms with E-state index in [1.54, 1.807) is 12.1 Å². The van der Waals surface area contributed by atoms with E-state index in [1.165, 1.54) is 12.1 Å². The van der Waals surface area contributed by atoms with Gasteiger partial charge in [0.1, 0.15) is 5.82 Å². The van der Waals surface area contributed by atoms with Crippen LogP contribution in [0.1, 0.15) is 27.0 Å². The highest BCUT2D eigenvalue weighted by atomic mass is 19.1. The van der Waals surface area contributed by atoms with Crippen LogP contribution in [-0.4, -0.2) is 5.91 Å². The Morgan fingerprint density at radius 3 is 2.70 bits per heavy atom. The summed E-state index contributed by atoms with van der Waals surface area (Å²) in [5.41, 5.74) is 8.98. The van der Waals surface area contributed by atoms with Gasteiger partial charge in [0.2, 0.25) is 0 Å². The molecule has 0 bridgehead atoms. The number of rotatable bonds is 3. The second-order valence-corrected chi connectivity index (χ2v) is 4.71. The monoisotopic (exact) mass is 272 g/mol. The molecule has 3 nitrogen and oxygen atoms in total. The third-order valence-electron chi connectivity index (χ3n) is 3.37. The maximum absolute atomic E-state index is 13.4. The Bertz CT molecular complexity index is 653. The lowest BCUT2D eigenvalue weighted by Crippen LogP contribution is -2.14. The lowest BCUT2D eigenvalue weighted by molar-refractivity contribution is 0.102. The minimum absolute atomic E-state index is 0.0962. The zero-order valence-corrected chi connectivity index (χ0v) is 11.5. The molecule has 20 heavy (non-hydrogen) atoms. The fraction of sp³-hybridized carbons (Fsp3) is 0.188. The van der Waals surface area contributed by atoms with E-state index in [1.807, 2.05) is 26.0 Å². The van der Waals surface area contributed by atoms with Gasteiger partial charge in [-0.15, -0.1) is 0 Å². The number of benzene rings is 2. The van der Waals surface area contributed by atoms with Crippen LogP contribution in [0.3, 0.4) is 0 Å². The van der Waals surface area contributed by atoms with Crippen LogP contribution in [0.4, 0.5) is 10.1 Å². The van der Waals surface area contributed by atoms with Crippen molar-refractivity contribution in [2.75, 3.05) is 5.32 Å². The fourth-order valence-corrected chi connectivity index (χ4v) is 2.00. The van der Waals surface area contributed by atoms with Crippen LogP contribution in [0, 0.1) is 19.7 Å². The quantitative estimate of drug-likeness (QED) is 0.901. The molecule has 0 unspecified atom stereocenters. The maximum atomic E-state index is 13.4. The molecule has 2 rings (SSSR count). The van der Waals surface area contributed by atoms with Crippen LogP contribution in [-0.2, 0) is 6.54 Å². The normalized spacial score (nSPS) is 10.4. The van der Waals surface area contributed by atoms with E-state index < -0.39 is 0 Å². The van der Waals surface area contributed by atoms with Gasteiger partial charge in [-0.3, -0.25) is 4.79 Å². The van der Waals surface area contributed by atoms with E-state index in [4.69, 9.17) is 5.73 Å². The number of amides is 1. The van der Waals surface area contributed by atoms with Gasteiger partial charge in [-0.05, 0) is 49.2 Å². The Balaban J connectivity index is 2.26. The molecule has 1 amide bonds. The average Bonchev–Trinajstić information content (AvgIpc) is 2.43. The van der Waals surface area contributed by atoms with Crippen molar-refractivity contribution in [3.8, 4) is 0 Å². The number of hydrogen-bond donors (Lipinski definition) is 2. The number of nitrogens with two attached hydrogens (primary N) is 1. The Labute approximate surface area is 117 Å². The molecule has 0 atom stereocenters. The molecule has 0 heterocycles. The van der Waals surface area contributed by atoms with E-state index in [0.717, 1.165) is 11.1 Å². The third kappa shape index (κ3) is 2.86. The average molecular weight is 272 g/mol. The largest absolute Gasteiger partial charge is 0.326 e. The maximum Gasteiger partial charge on any atom is 0.255 e. The Hall–Kier alpha value is -2.20. The standard InChI is InChI=1S/C16H17FN2O/c1-10-4-3-5-14(11(10)2)16(20)19-13-6-7-15(17)12(8-13)9-18/h3-8H,9,18H2,1-2H3,(H,19,20). The van der Waals surface area contributed by atoms with Gasteiger partial charge >= 0.3 is 0 Å². The van der Waals surface area contributed by atoms with Crippen LogP contribution in [0.25, 0.3) is 0 Å². The molecule has 104 valence electrons. The van der Waals surface area contributed by atoms with Crippen molar-refractivity contribution in [3.63, 3.8) is 0 Å². The predicted molar refractivity (Wildman–Crippen MR) is 78.2 cm³/mol. The van der Waals surface area contributed by atoms with Crippen LogP contribution < -0.4 is 11.1 Å². The minimum Gasteiger partial charge on any atom is -0.326 e. The predicted octanol–water partition coefficient (Wildman–Crippen LogP) is 3.15. The number of nitrogens with one attached hydrogen (secondary N) is 1. The van der Waals surface area contributed by atoms with E-state index in [-0.39, 0.29) is 18.3 Å². The lowest BCUT2D eigenvalue weighted by atomic mass is 10.0. The molecule has 0 spiro atoms. The third-order valence-corrected chi connectivity index (χ3v) is 3.37. The van der Waals surface area contributed by atoms with E-state index in [9.17, 15) is 9.18 Å². The highest BCUT2D eigenvalue weighted by Gasteiger charge is 2.11. The smallest absolute Gasteiger partial charge is 0.255 e. The number of hydrogen-bond acceptors (Lipinski definition) is 2. The molecule has 4 heteroatoms. The van der Waals surface area contributed by atoms with Crippen molar-refractivity contribution in [1.29, 1.82) is 0 Å². The molecular formula is C16H17FN2O. The van der Waals surface area contributed by atoms with Gasteiger partial charge in [0.25, 0.3) is 5.91 Å². The van der Waals surface area contributed by atoms with Crippen molar-refractivity contribution >= 4 is 11.6 Å². The summed E-state index contributed by atoms with van der Waals surface area (Å²) in [6.07, 6.45) is 0. The van der Waals surface area contributed by atoms with Gasteiger partial charge in [0.15, 0.2) is 0 Å².